The summed E-state index contributed by atoms with van der Waals surface area (Å²) in [5.41, 5.74) is -3.87. The van der Waals surface area contributed by atoms with Gasteiger partial charge >= 0.3 is 0 Å². The first-order chi connectivity index (χ1) is 20.4. The van der Waals surface area contributed by atoms with E-state index in [4.69, 9.17) is 0 Å². The lowest BCUT2D eigenvalue weighted by Crippen LogP contribution is -2.50. The lowest BCUT2D eigenvalue weighted by molar-refractivity contribution is -0.146. The van der Waals surface area contributed by atoms with E-state index in [-0.39, 0.29) is 4.90 Å². The van der Waals surface area contributed by atoms with E-state index in [0.29, 0.717) is 0 Å². The molecule has 3 aliphatic rings. The second-order valence-corrected chi connectivity index (χ2v) is 15.0. The first-order valence-electron chi connectivity index (χ1n) is 13.4. The number of likely N-dealkylation sites (tertiary alicyclic amines) is 1. The van der Waals surface area contributed by atoms with Crippen molar-refractivity contribution in [2.75, 3.05) is 4.90 Å². The first-order valence-corrected chi connectivity index (χ1v) is 14.9. The topological polar surface area (TPSA) is 271 Å². The molecule has 1 saturated carbocycles. The highest BCUT2D eigenvalue weighted by molar-refractivity contribution is 7.92. The minimum atomic E-state index is -5.66. The molecule has 4 amide bonds. The second-order valence-electron chi connectivity index (χ2n) is 13.2. The molecule has 5 rings (SSSR count). The number of fused-ring (bicyclic) bond motifs is 4. The number of imide groups is 2. The van der Waals surface area contributed by atoms with Crippen LogP contribution < -0.4 is 4.90 Å². The molecule has 4 unspecified atom stereocenters. The number of phenolic OH excluding ortho intramolecular Hbond substituents is 8. The van der Waals surface area contributed by atoms with Crippen molar-refractivity contribution < 1.29 is 68.4 Å². The SMILES string of the molecule is CC(C)(C)c1c(O)c(O)c(S(=O)(=O)c2c(O)c(O)c(N3C(=O)C4C(C3=O)C3C(=O)N(C(C)(C)C)C(=O)C43)c(O)c2O)c(O)c1O. The maximum absolute atomic E-state index is 13.6. The molecule has 4 atom stereocenters. The fraction of sp³-hybridized carbons (Fsp3) is 0.429. The first kappa shape index (κ1) is 31.5. The molecule has 45 heavy (non-hydrogen) atoms. The monoisotopic (exact) mass is 650 g/mol. The maximum atomic E-state index is 13.6. The molecule has 0 aromatic heterocycles. The summed E-state index contributed by atoms with van der Waals surface area (Å²) in [6.45, 7) is 9.06. The standard InChI is InChI=1S/C28H30N2O14S/c1-27(2,3)11-13(31)17(35)21(18(36)14(11)32)45(43,44)22-19(37)15(33)12(16(34)20(22)38)29-23(39)7-8(24(29)40)10-9(7)25(41)30(26(10)42)28(4,5)6/h7-10,31-38H,1-6H3. The van der Waals surface area contributed by atoms with Gasteiger partial charge in [0.15, 0.2) is 55.8 Å². The summed E-state index contributed by atoms with van der Waals surface area (Å²) in [5.74, 6) is -21.3. The number of amides is 4. The molecular weight excluding hydrogens is 620 g/mol. The highest BCUT2D eigenvalue weighted by atomic mass is 32.2. The summed E-state index contributed by atoms with van der Waals surface area (Å²) in [7, 11) is -5.66. The van der Waals surface area contributed by atoms with Crippen LogP contribution >= 0.6 is 0 Å². The van der Waals surface area contributed by atoms with Crippen molar-refractivity contribution in [2.24, 2.45) is 23.7 Å². The maximum Gasteiger partial charge on any atom is 0.238 e. The van der Waals surface area contributed by atoms with E-state index in [9.17, 15) is 68.4 Å². The van der Waals surface area contributed by atoms with Crippen molar-refractivity contribution >= 4 is 39.2 Å². The van der Waals surface area contributed by atoms with E-state index in [1.165, 1.54) is 20.8 Å². The van der Waals surface area contributed by atoms with Gasteiger partial charge < -0.3 is 40.9 Å². The Kier molecular flexibility index (Phi) is 6.34. The third-order valence-corrected chi connectivity index (χ3v) is 10.3. The number of benzene rings is 2. The van der Waals surface area contributed by atoms with Crippen molar-refractivity contribution in [3.05, 3.63) is 5.56 Å². The predicted molar refractivity (Wildman–Crippen MR) is 148 cm³/mol. The largest absolute Gasteiger partial charge is 0.504 e. The average molecular weight is 651 g/mol. The van der Waals surface area contributed by atoms with Crippen molar-refractivity contribution in [1.29, 1.82) is 0 Å². The molecule has 2 saturated heterocycles. The normalized spacial score (nSPS) is 23.4. The molecule has 16 nitrogen and oxygen atoms in total. The van der Waals surface area contributed by atoms with Gasteiger partial charge in [-0.2, -0.15) is 0 Å². The number of sulfone groups is 1. The number of carbonyl (C=O) groups excluding carboxylic acids is 4. The molecule has 0 bridgehead atoms. The van der Waals surface area contributed by atoms with Crippen LogP contribution in [-0.2, 0) is 34.4 Å². The Bertz CT molecular complexity index is 1790. The predicted octanol–water partition coefficient (Wildman–Crippen LogP) is 0.981. The molecule has 2 heterocycles. The highest BCUT2D eigenvalue weighted by Crippen LogP contribution is 2.63. The molecule has 17 heteroatoms. The molecule has 8 N–H and O–H groups in total. The Morgan fingerprint density at radius 3 is 1.13 bits per heavy atom. The summed E-state index contributed by atoms with van der Waals surface area (Å²) >= 11 is 0. The fourth-order valence-electron chi connectivity index (χ4n) is 6.55. The van der Waals surface area contributed by atoms with Crippen LogP contribution in [0.25, 0.3) is 0 Å². The van der Waals surface area contributed by atoms with Crippen LogP contribution in [-0.4, -0.2) is 83.3 Å². The molecule has 2 aromatic carbocycles. The van der Waals surface area contributed by atoms with Gasteiger partial charge in [0.1, 0.15) is 5.69 Å². The van der Waals surface area contributed by atoms with E-state index in [2.05, 4.69) is 0 Å². The lowest BCUT2D eigenvalue weighted by Gasteiger charge is -2.36. The van der Waals surface area contributed by atoms with Gasteiger partial charge in [-0.1, -0.05) is 20.8 Å². The molecule has 2 aliphatic heterocycles. The number of hydrogen-bond donors (Lipinski definition) is 8. The van der Waals surface area contributed by atoms with Crippen LogP contribution in [0.1, 0.15) is 47.1 Å². The molecule has 0 radical (unpaired) electrons. The zero-order valence-electron chi connectivity index (χ0n) is 24.6. The van der Waals surface area contributed by atoms with E-state index in [1.54, 1.807) is 20.8 Å². The second kappa shape index (κ2) is 9.06. The Hall–Kier alpha value is -4.93. The number of carbonyl (C=O) groups is 4. The average Bonchev–Trinajstić information content (AvgIpc) is 3.19. The van der Waals surface area contributed by atoms with Crippen LogP contribution in [0.2, 0.25) is 0 Å². The zero-order valence-corrected chi connectivity index (χ0v) is 25.5. The molecule has 3 fully saturated rings. The Balaban J connectivity index is 1.64. The molecule has 0 spiro atoms. The van der Waals surface area contributed by atoms with E-state index >= 15 is 0 Å². The van der Waals surface area contributed by atoms with Crippen molar-refractivity contribution in [2.45, 2.75) is 62.3 Å². The Morgan fingerprint density at radius 1 is 0.511 bits per heavy atom. The third kappa shape index (κ3) is 3.79. The minimum Gasteiger partial charge on any atom is -0.504 e. The van der Waals surface area contributed by atoms with Gasteiger partial charge in [0.25, 0.3) is 0 Å². The molecule has 1 aliphatic carbocycles. The smallest absolute Gasteiger partial charge is 0.238 e. The Morgan fingerprint density at radius 2 is 0.822 bits per heavy atom. The highest BCUT2D eigenvalue weighted by Gasteiger charge is 2.74. The minimum absolute atomic E-state index is 0.126. The van der Waals surface area contributed by atoms with Gasteiger partial charge in [0.05, 0.1) is 23.7 Å². The van der Waals surface area contributed by atoms with Crippen molar-refractivity contribution in [3.8, 4) is 46.0 Å². The molecule has 242 valence electrons. The summed E-state index contributed by atoms with van der Waals surface area (Å²) in [4.78, 5) is 50.7. The molecule has 2 aromatic rings. The van der Waals surface area contributed by atoms with Crippen molar-refractivity contribution in [1.82, 2.24) is 4.90 Å². The summed E-state index contributed by atoms with van der Waals surface area (Å²) in [5, 5.41) is 85.4. The summed E-state index contributed by atoms with van der Waals surface area (Å²) < 4.78 is 27.1. The number of phenols is 8. The number of aromatic hydroxyl groups is 8. The fourth-order valence-corrected chi connectivity index (χ4v) is 8.15. The van der Waals surface area contributed by atoms with Crippen LogP contribution in [0, 0.1) is 23.7 Å². The van der Waals surface area contributed by atoms with Gasteiger partial charge in [-0.25, -0.2) is 13.3 Å². The summed E-state index contributed by atoms with van der Waals surface area (Å²) in [6.07, 6.45) is 0. The van der Waals surface area contributed by atoms with E-state index < -0.39 is 135 Å². The van der Waals surface area contributed by atoms with Crippen LogP contribution in [0.3, 0.4) is 0 Å². The van der Waals surface area contributed by atoms with Crippen LogP contribution in [0.4, 0.5) is 5.69 Å². The van der Waals surface area contributed by atoms with Gasteiger partial charge in [-0.3, -0.25) is 24.1 Å². The number of hydrogen-bond acceptors (Lipinski definition) is 14. The number of rotatable bonds is 3. The van der Waals surface area contributed by atoms with Crippen molar-refractivity contribution in [3.63, 3.8) is 0 Å². The van der Waals surface area contributed by atoms with Gasteiger partial charge in [-0.15, -0.1) is 0 Å². The van der Waals surface area contributed by atoms with Crippen LogP contribution in [0.15, 0.2) is 9.79 Å². The number of nitrogens with zero attached hydrogens (tertiary/aromatic N) is 2. The quantitative estimate of drug-likeness (QED) is 0.131. The van der Waals surface area contributed by atoms with E-state index in [1.807, 2.05) is 0 Å². The third-order valence-electron chi connectivity index (χ3n) is 8.43. The Labute approximate surface area is 254 Å². The zero-order chi connectivity index (χ0) is 34.2. The van der Waals surface area contributed by atoms with Crippen LogP contribution in [0.5, 0.6) is 46.0 Å². The molecular formula is C28H30N2O14S. The summed E-state index contributed by atoms with van der Waals surface area (Å²) in [6, 6.07) is 0. The van der Waals surface area contributed by atoms with E-state index in [0.717, 1.165) is 4.90 Å². The van der Waals surface area contributed by atoms with Gasteiger partial charge in [-0.05, 0) is 26.2 Å². The number of anilines is 1. The van der Waals surface area contributed by atoms with Gasteiger partial charge in [0.2, 0.25) is 33.5 Å². The van der Waals surface area contributed by atoms with Gasteiger partial charge in [0, 0.05) is 11.1 Å². The lowest BCUT2D eigenvalue weighted by atomic mass is 9.59.